The Morgan fingerprint density at radius 3 is 1.42 bits per heavy atom. The summed E-state index contributed by atoms with van der Waals surface area (Å²) in [5, 5.41) is 54.2. The molecule has 1 rings (SSSR count). The van der Waals surface area contributed by atoms with Crippen LogP contribution < -0.4 is 5.32 Å². The molecule has 0 aromatic heterocycles. The second-order valence-electron chi connectivity index (χ2n) is 16.9. The molecule has 7 atom stereocenters. The molecule has 1 saturated heterocycles. The Kier molecular flexibility index (Phi) is 37.6. The summed E-state index contributed by atoms with van der Waals surface area (Å²) in [5.74, 6) is -0.197. The Hall–Kier alpha value is -1.85. The molecule has 1 fully saturated rings. The summed E-state index contributed by atoms with van der Waals surface area (Å²) in [5.41, 5.74) is 0. The van der Waals surface area contributed by atoms with E-state index in [1.807, 2.05) is 6.08 Å². The van der Waals surface area contributed by atoms with Gasteiger partial charge in [-0.1, -0.05) is 178 Å². The number of carbonyl (C=O) groups is 1. The van der Waals surface area contributed by atoms with E-state index in [-0.39, 0.29) is 12.5 Å². The van der Waals surface area contributed by atoms with Gasteiger partial charge in [-0.25, -0.2) is 0 Å². The van der Waals surface area contributed by atoms with Crippen LogP contribution in [0.4, 0.5) is 0 Å². The third-order valence-corrected chi connectivity index (χ3v) is 11.4. The summed E-state index contributed by atoms with van der Waals surface area (Å²) in [7, 11) is 0. The van der Waals surface area contributed by atoms with E-state index in [0.29, 0.717) is 6.42 Å². The SMILES string of the molecule is CCCCCCCC/C=C\CCCCCCCCCC(=O)NC(COC1OC(CO)C(O)C(O)C1O)C(O)/C=C/CC/C=C/CC/C=C/CCCCCCCCCCC. The standard InChI is InChI=1S/C50H91NO8/c1-3-5-7-9-11-13-15-17-19-21-22-24-25-27-29-31-33-35-37-39-44(53)43(42-58-50-49(57)48(56)47(55)45(41-52)59-50)51-46(54)40-38-36-34-32-30-28-26-23-20-18-16-14-12-10-8-6-4-2/h18,20,22,24,29,31,37,39,43-45,47-50,52-53,55-57H,3-17,19,21,23,25-28,30,32-36,38,40-42H2,1-2H3,(H,51,54)/b20-18-,24-22+,31-29+,39-37+. The first-order valence-electron chi connectivity index (χ1n) is 24.4. The van der Waals surface area contributed by atoms with E-state index in [4.69, 9.17) is 9.47 Å². The highest BCUT2D eigenvalue weighted by molar-refractivity contribution is 5.76. The number of hydrogen-bond donors (Lipinski definition) is 6. The van der Waals surface area contributed by atoms with E-state index >= 15 is 0 Å². The average molecular weight is 834 g/mol. The summed E-state index contributed by atoms with van der Waals surface area (Å²) in [4.78, 5) is 13.0. The van der Waals surface area contributed by atoms with E-state index in [2.05, 4.69) is 55.6 Å². The molecule has 59 heavy (non-hydrogen) atoms. The maximum Gasteiger partial charge on any atom is 0.220 e. The number of rotatable bonds is 40. The van der Waals surface area contributed by atoms with Gasteiger partial charge in [0.05, 0.1) is 25.4 Å². The maximum absolute atomic E-state index is 13.0. The monoisotopic (exact) mass is 834 g/mol. The van der Waals surface area contributed by atoms with Crippen molar-refractivity contribution in [3.63, 3.8) is 0 Å². The highest BCUT2D eigenvalue weighted by Gasteiger charge is 2.44. The maximum atomic E-state index is 13.0. The highest BCUT2D eigenvalue weighted by atomic mass is 16.7. The topological polar surface area (TPSA) is 149 Å². The number of unbranched alkanes of at least 4 members (excludes halogenated alkanes) is 24. The third-order valence-electron chi connectivity index (χ3n) is 11.4. The molecule has 1 aliphatic rings. The van der Waals surface area contributed by atoms with E-state index in [1.54, 1.807) is 6.08 Å². The number of amides is 1. The largest absolute Gasteiger partial charge is 0.394 e. The molecule has 0 spiro atoms. The Balaban J connectivity index is 2.38. The summed E-state index contributed by atoms with van der Waals surface area (Å²) < 4.78 is 11.2. The summed E-state index contributed by atoms with van der Waals surface area (Å²) in [6, 6.07) is -0.830. The van der Waals surface area contributed by atoms with Crippen LogP contribution in [0.3, 0.4) is 0 Å². The molecule has 9 nitrogen and oxygen atoms in total. The number of hydrogen-bond acceptors (Lipinski definition) is 8. The van der Waals surface area contributed by atoms with E-state index < -0.39 is 49.5 Å². The quantitative estimate of drug-likeness (QED) is 0.0264. The lowest BCUT2D eigenvalue weighted by Gasteiger charge is -2.40. The van der Waals surface area contributed by atoms with Crippen LogP contribution in [-0.2, 0) is 14.3 Å². The Morgan fingerprint density at radius 2 is 0.966 bits per heavy atom. The first-order chi connectivity index (χ1) is 28.8. The molecule has 7 unspecified atom stereocenters. The molecule has 0 aromatic rings. The second kappa shape index (κ2) is 40.2. The van der Waals surface area contributed by atoms with Gasteiger partial charge in [-0.3, -0.25) is 4.79 Å². The Bertz CT molecular complexity index is 1060. The summed E-state index contributed by atoms with van der Waals surface area (Å²) >= 11 is 0. The van der Waals surface area contributed by atoms with Crippen LogP contribution in [-0.4, -0.2) is 87.5 Å². The molecule has 9 heteroatoms. The Labute approximate surface area is 361 Å². The van der Waals surface area contributed by atoms with Crippen LogP contribution in [0, 0.1) is 0 Å². The molecule has 0 aromatic carbocycles. The lowest BCUT2D eigenvalue weighted by molar-refractivity contribution is -0.302. The number of nitrogens with one attached hydrogen (secondary N) is 1. The van der Waals surface area contributed by atoms with Crippen LogP contribution in [0.5, 0.6) is 0 Å². The van der Waals surface area contributed by atoms with Gasteiger partial charge in [-0.2, -0.15) is 0 Å². The van der Waals surface area contributed by atoms with Crippen molar-refractivity contribution in [3.8, 4) is 0 Å². The van der Waals surface area contributed by atoms with Gasteiger partial charge >= 0.3 is 0 Å². The average Bonchev–Trinajstić information content (AvgIpc) is 3.23. The van der Waals surface area contributed by atoms with Gasteiger partial charge in [0.2, 0.25) is 5.91 Å². The first-order valence-corrected chi connectivity index (χ1v) is 24.4. The van der Waals surface area contributed by atoms with Crippen molar-refractivity contribution in [2.24, 2.45) is 0 Å². The normalized spacial score (nSPS) is 21.1. The van der Waals surface area contributed by atoms with Crippen molar-refractivity contribution < 1.29 is 39.8 Å². The molecule has 0 radical (unpaired) electrons. The lowest BCUT2D eigenvalue weighted by atomic mass is 9.99. The lowest BCUT2D eigenvalue weighted by Crippen LogP contribution is -2.60. The highest BCUT2D eigenvalue weighted by Crippen LogP contribution is 2.22. The van der Waals surface area contributed by atoms with Gasteiger partial charge in [0.1, 0.15) is 24.4 Å². The molecule has 1 aliphatic heterocycles. The predicted octanol–water partition coefficient (Wildman–Crippen LogP) is 10.6. The van der Waals surface area contributed by atoms with E-state index in [9.17, 15) is 30.3 Å². The fourth-order valence-electron chi connectivity index (χ4n) is 7.42. The number of aliphatic hydroxyl groups excluding tert-OH is 5. The fraction of sp³-hybridized carbons (Fsp3) is 0.820. The minimum absolute atomic E-state index is 0.197. The number of carbonyl (C=O) groups excluding carboxylic acids is 1. The summed E-state index contributed by atoms with van der Waals surface area (Å²) in [6.45, 7) is 3.74. The fourth-order valence-corrected chi connectivity index (χ4v) is 7.42. The number of aliphatic hydroxyl groups is 5. The van der Waals surface area contributed by atoms with Gasteiger partial charge in [-0.05, 0) is 70.6 Å². The van der Waals surface area contributed by atoms with Crippen LogP contribution in [0.15, 0.2) is 48.6 Å². The van der Waals surface area contributed by atoms with Crippen LogP contribution in [0.25, 0.3) is 0 Å². The van der Waals surface area contributed by atoms with Gasteiger partial charge in [0.25, 0.3) is 0 Å². The van der Waals surface area contributed by atoms with Crippen LogP contribution in [0.2, 0.25) is 0 Å². The zero-order valence-corrected chi connectivity index (χ0v) is 37.7. The Morgan fingerprint density at radius 1 is 0.559 bits per heavy atom. The molecule has 1 heterocycles. The zero-order chi connectivity index (χ0) is 43.0. The zero-order valence-electron chi connectivity index (χ0n) is 37.7. The van der Waals surface area contributed by atoms with Crippen molar-refractivity contribution in [1.29, 1.82) is 0 Å². The van der Waals surface area contributed by atoms with Crippen molar-refractivity contribution >= 4 is 5.91 Å². The predicted molar refractivity (Wildman–Crippen MR) is 244 cm³/mol. The minimum Gasteiger partial charge on any atom is -0.394 e. The van der Waals surface area contributed by atoms with E-state index in [0.717, 1.165) is 57.8 Å². The second-order valence-corrected chi connectivity index (χ2v) is 16.9. The van der Waals surface area contributed by atoms with Gasteiger partial charge < -0.3 is 40.3 Å². The summed E-state index contributed by atoms with van der Waals surface area (Å²) in [6.07, 6.45) is 44.4. The van der Waals surface area contributed by atoms with Gasteiger partial charge in [-0.15, -0.1) is 0 Å². The molecule has 6 N–H and O–H groups in total. The van der Waals surface area contributed by atoms with Crippen molar-refractivity contribution in [3.05, 3.63) is 48.6 Å². The number of ether oxygens (including phenoxy) is 2. The van der Waals surface area contributed by atoms with Crippen molar-refractivity contribution in [2.75, 3.05) is 13.2 Å². The van der Waals surface area contributed by atoms with Crippen LogP contribution in [0.1, 0.15) is 206 Å². The number of allylic oxidation sites excluding steroid dienone is 7. The molecule has 0 bridgehead atoms. The van der Waals surface area contributed by atoms with Crippen LogP contribution >= 0.6 is 0 Å². The molecular weight excluding hydrogens is 743 g/mol. The van der Waals surface area contributed by atoms with E-state index in [1.165, 1.54) is 128 Å². The minimum atomic E-state index is -1.58. The molecule has 0 saturated carbocycles. The van der Waals surface area contributed by atoms with Crippen molar-refractivity contribution in [1.82, 2.24) is 5.32 Å². The van der Waals surface area contributed by atoms with Gasteiger partial charge in [0.15, 0.2) is 6.29 Å². The molecule has 1 amide bonds. The molecular formula is C50H91NO8. The van der Waals surface area contributed by atoms with Crippen molar-refractivity contribution in [2.45, 2.75) is 249 Å². The smallest absolute Gasteiger partial charge is 0.220 e. The van der Waals surface area contributed by atoms with Gasteiger partial charge in [0, 0.05) is 6.42 Å². The molecule has 0 aliphatic carbocycles. The first kappa shape index (κ1) is 55.2. The third kappa shape index (κ3) is 30.8. The molecule has 344 valence electrons.